The molecule has 0 aliphatic heterocycles. The van der Waals surface area contributed by atoms with Crippen molar-refractivity contribution in [3.63, 3.8) is 0 Å². The molecule has 154 valence electrons. The summed E-state index contributed by atoms with van der Waals surface area (Å²) in [6, 6.07) is 20.1. The van der Waals surface area contributed by atoms with E-state index in [9.17, 15) is 4.79 Å². The first-order chi connectivity index (χ1) is 15.2. The number of pyridine rings is 1. The molecule has 6 nitrogen and oxygen atoms in total. The van der Waals surface area contributed by atoms with E-state index in [1.54, 1.807) is 6.20 Å². The van der Waals surface area contributed by atoms with Gasteiger partial charge in [0.25, 0.3) is 0 Å². The Morgan fingerprint density at radius 2 is 1.71 bits per heavy atom. The van der Waals surface area contributed by atoms with Crippen molar-refractivity contribution in [2.24, 2.45) is 0 Å². The number of benzene rings is 2. The van der Waals surface area contributed by atoms with Crippen LogP contribution in [0.3, 0.4) is 0 Å². The number of allylic oxidation sites excluding steroid dienone is 1. The molecule has 0 saturated carbocycles. The molecule has 0 aliphatic carbocycles. The van der Waals surface area contributed by atoms with Crippen molar-refractivity contribution < 1.29 is 4.79 Å². The van der Waals surface area contributed by atoms with Crippen molar-refractivity contribution >= 4 is 28.8 Å². The summed E-state index contributed by atoms with van der Waals surface area (Å²) in [6.45, 7) is 3.92. The van der Waals surface area contributed by atoms with Crippen molar-refractivity contribution in [3.05, 3.63) is 90.4 Å². The van der Waals surface area contributed by atoms with E-state index in [-0.39, 0.29) is 6.04 Å². The summed E-state index contributed by atoms with van der Waals surface area (Å²) in [5.74, 6) is 0.925. The lowest BCUT2D eigenvalue weighted by Gasteiger charge is -2.20. The summed E-state index contributed by atoms with van der Waals surface area (Å²) in [4.78, 5) is 25.2. The average Bonchev–Trinajstić information content (AvgIpc) is 2.82. The van der Waals surface area contributed by atoms with E-state index in [4.69, 9.17) is 4.98 Å². The molecule has 4 aromatic rings. The Labute approximate surface area is 181 Å². The summed E-state index contributed by atoms with van der Waals surface area (Å²) in [5, 5.41) is 7.45. The molecule has 0 spiro atoms. The fraction of sp³-hybridized carbons (Fsp3) is 0.120. The minimum Gasteiger partial charge on any atom is -0.363 e. The average molecular weight is 409 g/mol. The first kappa shape index (κ1) is 20.2. The Morgan fingerprint density at radius 1 is 0.968 bits per heavy atom. The van der Waals surface area contributed by atoms with Crippen LogP contribution in [0.1, 0.15) is 35.8 Å². The lowest BCUT2D eigenvalue weighted by Crippen LogP contribution is -2.13. The lowest BCUT2D eigenvalue weighted by molar-refractivity contribution is 0.112. The summed E-state index contributed by atoms with van der Waals surface area (Å²) >= 11 is 0. The highest BCUT2D eigenvalue weighted by molar-refractivity contribution is 5.90. The molecule has 1 unspecified atom stereocenters. The van der Waals surface area contributed by atoms with Crippen molar-refractivity contribution in [2.75, 3.05) is 10.6 Å². The number of aldehydes is 1. The maximum Gasteiger partial charge on any atom is 0.157 e. The van der Waals surface area contributed by atoms with Crippen molar-refractivity contribution in [1.29, 1.82) is 0 Å². The highest BCUT2D eigenvalue weighted by Gasteiger charge is 2.18. The van der Waals surface area contributed by atoms with Gasteiger partial charge in [0.1, 0.15) is 18.0 Å². The number of rotatable bonds is 7. The molecular formula is C25H23N5O. The molecule has 2 heterocycles. The first-order valence-electron chi connectivity index (χ1n) is 10.1. The maximum absolute atomic E-state index is 11.8. The van der Waals surface area contributed by atoms with Gasteiger partial charge in [0.2, 0.25) is 0 Å². The maximum atomic E-state index is 11.8. The van der Waals surface area contributed by atoms with Gasteiger partial charge in [-0.15, -0.1) is 0 Å². The van der Waals surface area contributed by atoms with Gasteiger partial charge in [-0.3, -0.25) is 4.79 Å². The van der Waals surface area contributed by atoms with Gasteiger partial charge in [-0.2, -0.15) is 0 Å². The minimum atomic E-state index is -0.157. The number of carbonyl (C=O) groups excluding carboxylic acids is 1. The SMILES string of the molecule is C/C=C\Nc1ncnc(NC(C)c2cc3ccccc3nc2-c2ccccc2)c1C=O. The summed E-state index contributed by atoms with van der Waals surface area (Å²) < 4.78 is 0. The summed E-state index contributed by atoms with van der Waals surface area (Å²) in [6.07, 6.45) is 5.75. The Bertz CT molecular complexity index is 1240. The third-order valence-corrected chi connectivity index (χ3v) is 5.01. The zero-order valence-electron chi connectivity index (χ0n) is 17.4. The Morgan fingerprint density at radius 3 is 2.48 bits per heavy atom. The number of nitrogens with zero attached hydrogens (tertiary/aromatic N) is 3. The van der Waals surface area contributed by atoms with E-state index in [0.717, 1.165) is 34.0 Å². The second-order valence-corrected chi connectivity index (χ2v) is 7.10. The molecule has 2 aromatic heterocycles. The van der Waals surface area contributed by atoms with Crippen LogP contribution >= 0.6 is 0 Å². The zero-order valence-corrected chi connectivity index (χ0v) is 17.4. The molecule has 2 N–H and O–H groups in total. The van der Waals surface area contributed by atoms with Crippen LogP contribution in [0.4, 0.5) is 11.6 Å². The second kappa shape index (κ2) is 9.17. The highest BCUT2D eigenvalue weighted by atomic mass is 16.1. The lowest BCUT2D eigenvalue weighted by atomic mass is 9.98. The first-order valence-corrected chi connectivity index (χ1v) is 10.1. The molecule has 6 heteroatoms. The van der Waals surface area contributed by atoms with E-state index in [1.807, 2.05) is 74.5 Å². The van der Waals surface area contributed by atoms with Crippen molar-refractivity contribution in [3.8, 4) is 11.3 Å². The van der Waals surface area contributed by atoms with E-state index in [1.165, 1.54) is 6.33 Å². The standard InChI is InChI=1S/C25H23N5O/c1-3-13-26-24-21(15-31)25(28-16-27-24)29-17(2)20-14-19-11-7-8-12-22(19)30-23(20)18-9-5-4-6-10-18/h3-17H,1-2H3,(H2,26,27,28,29)/b13-3-. The number of fused-ring (bicyclic) bond motifs is 1. The summed E-state index contributed by atoms with van der Waals surface area (Å²) in [5.41, 5.74) is 4.26. The Balaban J connectivity index is 1.78. The fourth-order valence-corrected chi connectivity index (χ4v) is 3.47. The van der Waals surface area contributed by atoms with Crippen LogP contribution in [0, 0.1) is 0 Å². The molecule has 0 radical (unpaired) electrons. The molecular weight excluding hydrogens is 386 g/mol. The van der Waals surface area contributed by atoms with Crippen LogP contribution in [0.2, 0.25) is 0 Å². The number of anilines is 2. The largest absolute Gasteiger partial charge is 0.363 e. The van der Waals surface area contributed by atoms with Crippen molar-refractivity contribution in [1.82, 2.24) is 15.0 Å². The van der Waals surface area contributed by atoms with Crippen LogP contribution in [-0.2, 0) is 0 Å². The van der Waals surface area contributed by atoms with Gasteiger partial charge >= 0.3 is 0 Å². The molecule has 0 amide bonds. The van der Waals surface area contributed by atoms with Crippen LogP contribution < -0.4 is 10.6 Å². The van der Waals surface area contributed by atoms with Gasteiger partial charge in [0.15, 0.2) is 6.29 Å². The molecule has 4 rings (SSSR count). The summed E-state index contributed by atoms with van der Waals surface area (Å²) in [7, 11) is 0. The Hall–Kier alpha value is -4.06. The van der Waals surface area contributed by atoms with Gasteiger partial charge in [0, 0.05) is 16.5 Å². The van der Waals surface area contributed by atoms with Crippen molar-refractivity contribution in [2.45, 2.75) is 19.9 Å². The molecule has 1 atom stereocenters. The third-order valence-electron chi connectivity index (χ3n) is 5.01. The van der Waals surface area contributed by atoms with Gasteiger partial charge in [-0.25, -0.2) is 15.0 Å². The van der Waals surface area contributed by atoms with E-state index in [0.29, 0.717) is 17.2 Å². The minimum absolute atomic E-state index is 0.157. The molecule has 0 aliphatic rings. The van der Waals surface area contributed by atoms with Crippen LogP contribution in [0.25, 0.3) is 22.2 Å². The fourth-order valence-electron chi connectivity index (χ4n) is 3.47. The Kier molecular flexibility index (Phi) is 5.98. The predicted molar refractivity (Wildman–Crippen MR) is 125 cm³/mol. The number of nitrogens with one attached hydrogen (secondary N) is 2. The van der Waals surface area contributed by atoms with Crippen LogP contribution in [0.5, 0.6) is 0 Å². The monoisotopic (exact) mass is 409 g/mol. The smallest absolute Gasteiger partial charge is 0.157 e. The molecule has 0 bridgehead atoms. The highest BCUT2D eigenvalue weighted by Crippen LogP contribution is 2.32. The van der Waals surface area contributed by atoms with E-state index >= 15 is 0 Å². The quantitative estimate of drug-likeness (QED) is 0.386. The predicted octanol–water partition coefficient (Wildman–Crippen LogP) is 5.62. The number of hydrogen-bond acceptors (Lipinski definition) is 6. The van der Waals surface area contributed by atoms with Gasteiger partial charge in [-0.1, -0.05) is 54.6 Å². The normalized spacial score (nSPS) is 12.1. The van der Waals surface area contributed by atoms with Gasteiger partial charge < -0.3 is 10.6 Å². The number of para-hydroxylation sites is 1. The second-order valence-electron chi connectivity index (χ2n) is 7.10. The number of aromatic nitrogens is 3. The topological polar surface area (TPSA) is 79.8 Å². The van der Waals surface area contributed by atoms with Gasteiger partial charge in [-0.05, 0) is 32.2 Å². The van der Waals surface area contributed by atoms with E-state index < -0.39 is 0 Å². The third kappa shape index (κ3) is 4.28. The number of carbonyl (C=O) groups is 1. The molecule has 2 aromatic carbocycles. The van der Waals surface area contributed by atoms with Crippen LogP contribution in [0.15, 0.2) is 79.3 Å². The molecule has 0 fully saturated rings. The van der Waals surface area contributed by atoms with Gasteiger partial charge in [0.05, 0.1) is 22.8 Å². The van der Waals surface area contributed by atoms with Crippen LogP contribution in [-0.4, -0.2) is 21.2 Å². The number of hydrogen-bond donors (Lipinski definition) is 2. The van der Waals surface area contributed by atoms with E-state index in [2.05, 4.69) is 26.7 Å². The zero-order chi connectivity index (χ0) is 21.6. The molecule has 0 saturated heterocycles. The molecule has 31 heavy (non-hydrogen) atoms.